The summed E-state index contributed by atoms with van der Waals surface area (Å²) in [7, 11) is 1.98. The molecule has 112 valence electrons. The van der Waals surface area contributed by atoms with Crippen LogP contribution in [0.4, 0.5) is 4.39 Å². The molecule has 0 amide bonds. The van der Waals surface area contributed by atoms with Gasteiger partial charge in [0.25, 0.3) is 0 Å². The highest BCUT2D eigenvalue weighted by molar-refractivity contribution is 5.36. The van der Waals surface area contributed by atoms with E-state index in [9.17, 15) is 4.39 Å². The van der Waals surface area contributed by atoms with Crippen molar-refractivity contribution in [3.05, 3.63) is 70.5 Å². The molecule has 0 spiro atoms. The summed E-state index contributed by atoms with van der Waals surface area (Å²) < 4.78 is 13.2. The van der Waals surface area contributed by atoms with Gasteiger partial charge in [0.1, 0.15) is 5.82 Å². The Morgan fingerprint density at radius 2 is 1.57 bits per heavy atom. The minimum atomic E-state index is -0.193. The van der Waals surface area contributed by atoms with E-state index in [-0.39, 0.29) is 17.3 Å². The Kier molecular flexibility index (Phi) is 4.48. The lowest BCUT2D eigenvalue weighted by Gasteiger charge is -2.35. The van der Waals surface area contributed by atoms with Crippen LogP contribution in [0.25, 0.3) is 0 Å². The highest BCUT2D eigenvalue weighted by Crippen LogP contribution is 2.37. The molecule has 0 saturated heterocycles. The monoisotopic (exact) mass is 285 g/mol. The van der Waals surface area contributed by atoms with Gasteiger partial charge in [-0.3, -0.25) is 0 Å². The number of likely N-dealkylation sites (N-methyl/N-ethyl adjacent to an activating group) is 1. The van der Waals surface area contributed by atoms with Gasteiger partial charge < -0.3 is 5.32 Å². The standard InChI is InChI=1S/C19H24FN/c1-13-6-7-15(12-14(13)2)18(21-5)19(3,4)16-8-10-17(20)11-9-16/h6-12,18,21H,1-5H3. The first-order valence-corrected chi connectivity index (χ1v) is 7.36. The molecule has 0 aliphatic heterocycles. The maximum absolute atomic E-state index is 13.2. The van der Waals surface area contributed by atoms with Gasteiger partial charge in [-0.15, -0.1) is 0 Å². The van der Waals surface area contributed by atoms with Crippen LogP contribution in [0.15, 0.2) is 42.5 Å². The molecule has 2 heteroatoms. The zero-order valence-corrected chi connectivity index (χ0v) is 13.5. The predicted octanol–water partition coefficient (Wildman–Crippen LogP) is 4.68. The van der Waals surface area contributed by atoms with E-state index in [0.29, 0.717) is 0 Å². The van der Waals surface area contributed by atoms with Gasteiger partial charge in [-0.1, -0.05) is 44.2 Å². The molecule has 0 saturated carbocycles. The first-order chi connectivity index (χ1) is 9.86. The molecular formula is C19H24FN. The highest BCUT2D eigenvalue weighted by atomic mass is 19.1. The first kappa shape index (κ1) is 15.7. The highest BCUT2D eigenvalue weighted by Gasteiger charge is 2.31. The molecule has 2 aromatic rings. The number of aryl methyl sites for hydroxylation is 2. The second-order valence-electron chi connectivity index (χ2n) is 6.29. The smallest absolute Gasteiger partial charge is 0.123 e. The van der Waals surface area contributed by atoms with Gasteiger partial charge in [0, 0.05) is 11.5 Å². The molecule has 1 N–H and O–H groups in total. The van der Waals surface area contributed by atoms with E-state index in [1.54, 1.807) is 0 Å². The topological polar surface area (TPSA) is 12.0 Å². The molecule has 0 aliphatic carbocycles. The van der Waals surface area contributed by atoms with Crippen molar-refractivity contribution in [2.45, 2.75) is 39.2 Å². The lowest BCUT2D eigenvalue weighted by Crippen LogP contribution is -2.35. The third kappa shape index (κ3) is 3.16. The molecule has 21 heavy (non-hydrogen) atoms. The summed E-state index contributed by atoms with van der Waals surface area (Å²) in [6.45, 7) is 8.64. The summed E-state index contributed by atoms with van der Waals surface area (Å²) in [4.78, 5) is 0. The lowest BCUT2D eigenvalue weighted by atomic mass is 9.74. The van der Waals surface area contributed by atoms with E-state index in [2.05, 4.69) is 51.2 Å². The van der Waals surface area contributed by atoms with Crippen molar-refractivity contribution in [1.29, 1.82) is 0 Å². The maximum atomic E-state index is 13.2. The Balaban J connectivity index is 2.43. The first-order valence-electron chi connectivity index (χ1n) is 7.36. The van der Waals surface area contributed by atoms with Gasteiger partial charge in [0.15, 0.2) is 0 Å². The fraction of sp³-hybridized carbons (Fsp3) is 0.368. The molecule has 0 heterocycles. The quantitative estimate of drug-likeness (QED) is 0.860. The molecule has 0 fully saturated rings. The summed E-state index contributed by atoms with van der Waals surface area (Å²) in [5, 5.41) is 3.42. The summed E-state index contributed by atoms with van der Waals surface area (Å²) in [6, 6.07) is 13.6. The largest absolute Gasteiger partial charge is 0.312 e. The van der Waals surface area contributed by atoms with Crippen LogP contribution in [0, 0.1) is 19.7 Å². The van der Waals surface area contributed by atoms with Crippen molar-refractivity contribution >= 4 is 0 Å². The number of hydrogen-bond donors (Lipinski definition) is 1. The molecule has 1 atom stereocenters. The molecule has 1 unspecified atom stereocenters. The van der Waals surface area contributed by atoms with Crippen molar-refractivity contribution < 1.29 is 4.39 Å². The second-order valence-corrected chi connectivity index (χ2v) is 6.29. The van der Waals surface area contributed by atoms with Crippen LogP contribution in [0.5, 0.6) is 0 Å². The molecule has 2 aromatic carbocycles. The molecule has 0 radical (unpaired) electrons. The zero-order valence-electron chi connectivity index (χ0n) is 13.5. The van der Waals surface area contributed by atoms with Crippen LogP contribution in [0.1, 0.15) is 42.1 Å². The third-order valence-electron chi connectivity index (χ3n) is 4.46. The number of hydrogen-bond acceptors (Lipinski definition) is 1. The average Bonchev–Trinajstić information content (AvgIpc) is 2.44. The Labute approximate surface area is 127 Å². The normalized spacial score (nSPS) is 13.2. The molecule has 0 aromatic heterocycles. The molecule has 2 rings (SSSR count). The second kappa shape index (κ2) is 5.98. The van der Waals surface area contributed by atoms with E-state index < -0.39 is 0 Å². The van der Waals surface area contributed by atoms with Gasteiger partial charge in [0.05, 0.1) is 0 Å². The number of rotatable bonds is 4. The number of nitrogens with one attached hydrogen (secondary N) is 1. The molecule has 1 nitrogen and oxygen atoms in total. The Hall–Kier alpha value is -1.67. The van der Waals surface area contributed by atoms with Crippen LogP contribution < -0.4 is 5.32 Å². The van der Waals surface area contributed by atoms with E-state index in [4.69, 9.17) is 0 Å². The molecule has 0 aliphatic rings. The maximum Gasteiger partial charge on any atom is 0.123 e. The zero-order chi connectivity index (χ0) is 15.6. The van der Waals surface area contributed by atoms with Crippen molar-refractivity contribution in [3.8, 4) is 0 Å². The van der Waals surface area contributed by atoms with Crippen LogP contribution >= 0.6 is 0 Å². The summed E-state index contributed by atoms with van der Waals surface area (Å²) in [5.41, 5.74) is 4.84. The van der Waals surface area contributed by atoms with Crippen LogP contribution in [-0.4, -0.2) is 7.05 Å². The Bertz CT molecular complexity index is 614. The fourth-order valence-corrected chi connectivity index (χ4v) is 2.93. The van der Waals surface area contributed by atoms with E-state index in [1.165, 1.54) is 28.8 Å². The minimum absolute atomic E-state index is 0.135. The van der Waals surface area contributed by atoms with Crippen molar-refractivity contribution in [2.75, 3.05) is 7.05 Å². The van der Waals surface area contributed by atoms with Gasteiger partial charge in [-0.25, -0.2) is 4.39 Å². The number of halogens is 1. The molecule has 0 bridgehead atoms. The predicted molar refractivity (Wildman–Crippen MR) is 87.1 cm³/mol. The molecular weight excluding hydrogens is 261 g/mol. The van der Waals surface area contributed by atoms with Crippen LogP contribution in [0.3, 0.4) is 0 Å². The van der Waals surface area contributed by atoms with Gasteiger partial charge in [-0.05, 0) is 55.3 Å². The summed E-state index contributed by atoms with van der Waals surface area (Å²) >= 11 is 0. The van der Waals surface area contributed by atoms with Crippen LogP contribution in [0.2, 0.25) is 0 Å². The van der Waals surface area contributed by atoms with E-state index in [0.717, 1.165) is 5.56 Å². The van der Waals surface area contributed by atoms with Crippen molar-refractivity contribution in [3.63, 3.8) is 0 Å². The third-order valence-corrected chi connectivity index (χ3v) is 4.46. The Morgan fingerprint density at radius 3 is 2.10 bits per heavy atom. The average molecular weight is 285 g/mol. The van der Waals surface area contributed by atoms with E-state index in [1.807, 2.05) is 19.2 Å². The van der Waals surface area contributed by atoms with Crippen molar-refractivity contribution in [2.24, 2.45) is 0 Å². The minimum Gasteiger partial charge on any atom is -0.312 e. The number of benzene rings is 2. The lowest BCUT2D eigenvalue weighted by molar-refractivity contribution is 0.368. The fourth-order valence-electron chi connectivity index (χ4n) is 2.93. The van der Waals surface area contributed by atoms with Crippen molar-refractivity contribution in [1.82, 2.24) is 5.32 Å². The Morgan fingerprint density at radius 1 is 0.952 bits per heavy atom. The summed E-state index contributed by atoms with van der Waals surface area (Å²) in [5.74, 6) is -0.193. The SMILES string of the molecule is CNC(c1ccc(C)c(C)c1)C(C)(C)c1ccc(F)cc1. The van der Waals surface area contributed by atoms with Gasteiger partial charge in [-0.2, -0.15) is 0 Å². The van der Waals surface area contributed by atoms with Crippen LogP contribution in [-0.2, 0) is 5.41 Å². The van der Waals surface area contributed by atoms with Gasteiger partial charge >= 0.3 is 0 Å². The van der Waals surface area contributed by atoms with Gasteiger partial charge in [0.2, 0.25) is 0 Å². The summed E-state index contributed by atoms with van der Waals surface area (Å²) in [6.07, 6.45) is 0. The van der Waals surface area contributed by atoms with E-state index >= 15 is 0 Å².